The third kappa shape index (κ3) is 2.27. The summed E-state index contributed by atoms with van der Waals surface area (Å²) in [6, 6.07) is 3.38. The predicted molar refractivity (Wildman–Crippen MR) is 61.7 cm³/mol. The van der Waals surface area contributed by atoms with Gasteiger partial charge in [-0.25, -0.2) is 9.69 Å². The highest BCUT2D eigenvalue weighted by molar-refractivity contribution is 6.16. The molecular formula is C12H14N2O3. The van der Waals surface area contributed by atoms with Gasteiger partial charge in [0.05, 0.1) is 17.8 Å². The van der Waals surface area contributed by atoms with Crippen molar-refractivity contribution in [2.24, 2.45) is 0 Å². The number of pyridine rings is 1. The topological polar surface area (TPSA) is 59.5 Å². The number of hydrogen-bond acceptors (Lipinski definition) is 4. The average molecular weight is 234 g/mol. The van der Waals surface area contributed by atoms with Gasteiger partial charge in [0.15, 0.2) is 0 Å². The van der Waals surface area contributed by atoms with Crippen LogP contribution in [0.5, 0.6) is 0 Å². The molecule has 17 heavy (non-hydrogen) atoms. The number of carbonyl (C=O) groups is 2. The first kappa shape index (κ1) is 11.6. The number of nitrogens with zero attached hydrogens (tertiary/aromatic N) is 2. The Morgan fingerprint density at radius 1 is 1.47 bits per heavy atom. The molecule has 0 saturated heterocycles. The number of amides is 2. The number of imide groups is 1. The molecule has 2 rings (SSSR count). The molecule has 1 aromatic heterocycles. The zero-order valence-corrected chi connectivity index (χ0v) is 10.1. The van der Waals surface area contributed by atoms with Gasteiger partial charge in [0.1, 0.15) is 5.60 Å². The Morgan fingerprint density at radius 2 is 2.18 bits per heavy atom. The number of rotatable bonds is 0. The Hall–Kier alpha value is -1.91. The molecule has 0 fully saturated rings. The van der Waals surface area contributed by atoms with Crippen LogP contribution in [0.3, 0.4) is 0 Å². The predicted octanol–water partition coefficient (Wildman–Crippen LogP) is 1.91. The second-order valence-electron chi connectivity index (χ2n) is 4.86. The highest BCUT2D eigenvalue weighted by atomic mass is 16.6. The molecule has 1 aromatic rings. The zero-order chi connectivity index (χ0) is 12.6. The van der Waals surface area contributed by atoms with Crippen LogP contribution in [-0.2, 0) is 16.0 Å². The summed E-state index contributed by atoms with van der Waals surface area (Å²) in [7, 11) is 0. The number of ether oxygens (including phenoxy) is 1. The van der Waals surface area contributed by atoms with E-state index in [2.05, 4.69) is 4.98 Å². The lowest BCUT2D eigenvalue weighted by molar-refractivity contribution is -0.117. The molecule has 0 aromatic carbocycles. The first-order valence-corrected chi connectivity index (χ1v) is 5.38. The minimum absolute atomic E-state index is 0.148. The fraction of sp³-hybridized carbons (Fsp3) is 0.417. The molecule has 0 atom stereocenters. The number of hydrogen-bond donors (Lipinski definition) is 0. The molecule has 0 aliphatic carbocycles. The first-order chi connectivity index (χ1) is 7.88. The third-order valence-corrected chi connectivity index (χ3v) is 2.25. The van der Waals surface area contributed by atoms with Gasteiger partial charge in [-0.3, -0.25) is 9.78 Å². The summed E-state index contributed by atoms with van der Waals surface area (Å²) in [5.74, 6) is -0.298. The number of anilines is 1. The fourth-order valence-corrected chi connectivity index (χ4v) is 1.63. The molecule has 0 spiro atoms. The van der Waals surface area contributed by atoms with Crippen molar-refractivity contribution >= 4 is 17.7 Å². The van der Waals surface area contributed by atoms with Crippen molar-refractivity contribution in [3.8, 4) is 0 Å². The molecule has 0 unspecified atom stereocenters. The van der Waals surface area contributed by atoms with Crippen LogP contribution >= 0.6 is 0 Å². The summed E-state index contributed by atoms with van der Waals surface area (Å²) >= 11 is 0. The minimum Gasteiger partial charge on any atom is -0.443 e. The molecule has 0 bridgehead atoms. The maximum absolute atomic E-state index is 11.9. The SMILES string of the molecule is CC(C)(C)OC(=O)N1C(=O)Cc2ncccc21. The summed E-state index contributed by atoms with van der Waals surface area (Å²) in [5, 5.41) is 0. The van der Waals surface area contributed by atoms with Gasteiger partial charge >= 0.3 is 6.09 Å². The molecule has 0 N–H and O–H groups in total. The van der Waals surface area contributed by atoms with Gasteiger partial charge in [0.25, 0.3) is 0 Å². The van der Waals surface area contributed by atoms with E-state index in [0.29, 0.717) is 11.4 Å². The number of fused-ring (bicyclic) bond motifs is 1. The van der Waals surface area contributed by atoms with Crippen molar-refractivity contribution in [3.63, 3.8) is 0 Å². The van der Waals surface area contributed by atoms with E-state index in [0.717, 1.165) is 4.90 Å². The van der Waals surface area contributed by atoms with E-state index in [1.807, 2.05) is 0 Å². The lowest BCUT2D eigenvalue weighted by Gasteiger charge is -2.23. The first-order valence-electron chi connectivity index (χ1n) is 5.38. The lowest BCUT2D eigenvalue weighted by Crippen LogP contribution is -2.38. The van der Waals surface area contributed by atoms with Gasteiger partial charge in [0.2, 0.25) is 5.91 Å². The zero-order valence-electron chi connectivity index (χ0n) is 10.1. The quantitative estimate of drug-likeness (QED) is 0.688. The monoisotopic (exact) mass is 234 g/mol. The van der Waals surface area contributed by atoms with Crippen LogP contribution in [0.25, 0.3) is 0 Å². The van der Waals surface area contributed by atoms with Crippen LogP contribution < -0.4 is 4.90 Å². The molecule has 0 radical (unpaired) electrons. The van der Waals surface area contributed by atoms with Crippen molar-refractivity contribution in [2.75, 3.05) is 4.90 Å². The Balaban J connectivity index is 2.28. The second-order valence-corrected chi connectivity index (χ2v) is 4.86. The Bertz CT molecular complexity index is 477. The normalized spacial score (nSPS) is 14.8. The molecular weight excluding hydrogens is 220 g/mol. The summed E-state index contributed by atoms with van der Waals surface area (Å²) < 4.78 is 5.19. The van der Waals surface area contributed by atoms with E-state index in [1.54, 1.807) is 39.1 Å². The van der Waals surface area contributed by atoms with E-state index in [4.69, 9.17) is 4.74 Å². The number of aromatic nitrogens is 1. The van der Waals surface area contributed by atoms with Crippen LogP contribution in [-0.4, -0.2) is 22.6 Å². The Kier molecular flexibility index (Phi) is 2.61. The lowest BCUT2D eigenvalue weighted by atomic mass is 10.2. The van der Waals surface area contributed by atoms with Crippen LogP contribution in [0, 0.1) is 0 Å². The van der Waals surface area contributed by atoms with E-state index in [-0.39, 0.29) is 12.3 Å². The van der Waals surface area contributed by atoms with Crippen molar-refractivity contribution in [1.29, 1.82) is 0 Å². The van der Waals surface area contributed by atoms with Crippen LogP contribution in [0.4, 0.5) is 10.5 Å². The molecule has 5 heteroatoms. The number of carbonyl (C=O) groups excluding carboxylic acids is 2. The third-order valence-electron chi connectivity index (χ3n) is 2.25. The van der Waals surface area contributed by atoms with E-state index in [1.165, 1.54) is 0 Å². The van der Waals surface area contributed by atoms with E-state index >= 15 is 0 Å². The maximum atomic E-state index is 11.9. The minimum atomic E-state index is -0.644. The van der Waals surface area contributed by atoms with Gasteiger partial charge < -0.3 is 4.74 Å². The standard InChI is InChI=1S/C12H14N2O3/c1-12(2,3)17-11(16)14-9-5-4-6-13-8(9)7-10(14)15/h4-6H,7H2,1-3H3. The van der Waals surface area contributed by atoms with Gasteiger partial charge in [-0.1, -0.05) is 0 Å². The van der Waals surface area contributed by atoms with Crippen LogP contribution in [0.2, 0.25) is 0 Å². The Morgan fingerprint density at radius 3 is 2.82 bits per heavy atom. The molecule has 5 nitrogen and oxygen atoms in total. The van der Waals surface area contributed by atoms with Crippen molar-refractivity contribution in [1.82, 2.24) is 4.98 Å². The van der Waals surface area contributed by atoms with Crippen molar-refractivity contribution in [3.05, 3.63) is 24.0 Å². The summed E-state index contributed by atoms with van der Waals surface area (Å²) in [6.45, 7) is 5.28. The second kappa shape index (κ2) is 3.84. The molecule has 1 aliphatic rings. The molecule has 1 aliphatic heterocycles. The van der Waals surface area contributed by atoms with Gasteiger partial charge in [-0.15, -0.1) is 0 Å². The van der Waals surface area contributed by atoms with E-state index < -0.39 is 11.7 Å². The van der Waals surface area contributed by atoms with Gasteiger partial charge in [-0.2, -0.15) is 0 Å². The Labute approximate surface area is 99.4 Å². The molecule has 0 saturated carbocycles. The van der Waals surface area contributed by atoms with Crippen LogP contribution in [0.1, 0.15) is 26.5 Å². The smallest absolute Gasteiger partial charge is 0.421 e. The fourth-order valence-electron chi connectivity index (χ4n) is 1.63. The average Bonchev–Trinajstić information content (AvgIpc) is 2.50. The molecule has 2 heterocycles. The maximum Gasteiger partial charge on any atom is 0.421 e. The van der Waals surface area contributed by atoms with E-state index in [9.17, 15) is 9.59 Å². The highest BCUT2D eigenvalue weighted by Crippen LogP contribution is 2.28. The molecule has 2 amide bonds. The van der Waals surface area contributed by atoms with Crippen molar-refractivity contribution < 1.29 is 14.3 Å². The molecule has 90 valence electrons. The largest absolute Gasteiger partial charge is 0.443 e. The summed E-state index contributed by atoms with van der Waals surface area (Å²) in [5.41, 5.74) is 0.512. The van der Waals surface area contributed by atoms with Crippen molar-refractivity contribution in [2.45, 2.75) is 32.8 Å². The van der Waals surface area contributed by atoms with Gasteiger partial charge in [0, 0.05) is 6.20 Å². The van der Waals surface area contributed by atoms with Gasteiger partial charge in [-0.05, 0) is 32.9 Å². The van der Waals surface area contributed by atoms with Crippen LogP contribution in [0.15, 0.2) is 18.3 Å². The highest BCUT2D eigenvalue weighted by Gasteiger charge is 2.35. The summed E-state index contributed by atoms with van der Waals surface area (Å²) in [4.78, 5) is 28.8. The summed E-state index contributed by atoms with van der Waals surface area (Å²) in [6.07, 6.45) is 1.11.